The summed E-state index contributed by atoms with van der Waals surface area (Å²) in [7, 11) is 0. The second kappa shape index (κ2) is 4.21. The molecule has 0 saturated carbocycles. The van der Waals surface area contributed by atoms with Crippen molar-refractivity contribution < 1.29 is 18.5 Å². The van der Waals surface area contributed by atoms with E-state index in [0.29, 0.717) is 0 Å². The summed E-state index contributed by atoms with van der Waals surface area (Å²) < 4.78 is 25.3. The van der Waals surface area contributed by atoms with Gasteiger partial charge in [-0.2, -0.15) is 0 Å². The van der Waals surface area contributed by atoms with Gasteiger partial charge >= 0.3 is 0 Å². The SMILES string of the molecule is CC(=O)c1cc(N)cc([N+](=O)[O-])c1C(F)F. The lowest BCUT2D eigenvalue weighted by atomic mass is 10.0. The fraction of sp³-hybridized carbons (Fsp3) is 0.222. The van der Waals surface area contributed by atoms with E-state index in [1.807, 2.05) is 0 Å². The first kappa shape index (κ1) is 12.0. The van der Waals surface area contributed by atoms with Crippen LogP contribution in [0.3, 0.4) is 0 Å². The number of alkyl halides is 2. The molecule has 2 N–H and O–H groups in total. The number of anilines is 1. The minimum absolute atomic E-state index is 0.0960. The first-order valence-corrected chi connectivity index (χ1v) is 4.21. The standard InChI is InChI=1S/C9H8F2N2O3/c1-4(14)6-2-5(12)3-7(13(15)16)8(6)9(10)11/h2-3,9H,12H2,1H3. The molecule has 16 heavy (non-hydrogen) atoms. The molecule has 86 valence electrons. The van der Waals surface area contributed by atoms with Crippen LogP contribution in [0.5, 0.6) is 0 Å². The van der Waals surface area contributed by atoms with Crippen molar-refractivity contribution in [1.82, 2.24) is 0 Å². The van der Waals surface area contributed by atoms with E-state index < -0.39 is 33.9 Å². The highest BCUT2D eigenvalue weighted by Crippen LogP contribution is 2.34. The largest absolute Gasteiger partial charge is 0.399 e. The van der Waals surface area contributed by atoms with Crippen LogP contribution in [0.15, 0.2) is 12.1 Å². The molecule has 0 saturated heterocycles. The van der Waals surface area contributed by atoms with Gasteiger partial charge in [0.25, 0.3) is 12.1 Å². The predicted octanol–water partition coefficient (Wildman–Crippen LogP) is 2.32. The maximum absolute atomic E-state index is 12.6. The lowest BCUT2D eigenvalue weighted by Crippen LogP contribution is -2.06. The summed E-state index contributed by atoms with van der Waals surface area (Å²) in [6.45, 7) is 1.05. The summed E-state index contributed by atoms with van der Waals surface area (Å²) in [6.07, 6.45) is -3.10. The molecule has 0 aliphatic carbocycles. The molecule has 5 nitrogen and oxygen atoms in total. The van der Waals surface area contributed by atoms with Crippen LogP contribution in [0, 0.1) is 10.1 Å². The average molecular weight is 230 g/mol. The van der Waals surface area contributed by atoms with Crippen LogP contribution in [0.4, 0.5) is 20.2 Å². The van der Waals surface area contributed by atoms with Gasteiger partial charge in [0.2, 0.25) is 0 Å². The Morgan fingerprint density at radius 2 is 2.06 bits per heavy atom. The van der Waals surface area contributed by atoms with Gasteiger partial charge in [0.15, 0.2) is 5.78 Å². The summed E-state index contributed by atoms with van der Waals surface area (Å²) in [6, 6.07) is 1.82. The Labute approximate surface area is 89.0 Å². The molecule has 0 aromatic heterocycles. The number of rotatable bonds is 3. The minimum atomic E-state index is -3.10. The molecule has 1 rings (SSSR count). The number of hydrogen-bond acceptors (Lipinski definition) is 4. The molecule has 0 aliphatic heterocycles. The fourth-order valence-electron chi connectivity index (χ4n) is 1.33. The van der Waals surface area contributed by atoms with E-state index in [-0.39, 0.29) is 5.69 Å². The highest BCUT2D eigenvalue weighted by Gasteiger charge is 2.27. The quantitative estimate of drug-likeness (QED) is 0.373. The molecule has 1 aromatic rings. The Morgan fingerprint density at radius 1 is 1.50 bits per heavy atom. The molecule has 0 aliphatic rings. The van der Waals surface area contributed by atoms with Crippen LogP contribution in [0.25, 0.3) is 0 Å². The van der Waals surface area contributed by atoms with Gasteiger partial charge in [-0.15, -0.1) is 0 Å². The van der Waals surface area contributed by atoms with E-state index in [1.54, 1.807) is 0 Å². The molecule has 0 fully saturated rings. The molecule has 0 radical (unpaired) electrons. The predicted molar refractivity (Wildman–Crippen MR) is 52.5 cm³/mol. The number of benzene rings is 1. The van der Waals surface area contributed by atoms with E-state index in [0.717, 1.165) is 19.1 Å². The van der Waals surface area contributed by atoms with Crippen molar-refractivity contribution in [2.24, 2.45) is 0 Å². The topological polar surface area (TPSA) is 86.2 Å². The van der Waals surface area contributed by atoms with Crippen LogP contribution >= 0.6 is 0 Å². The van der Waals surface area contributed by atoms with Crippen LogP contribution in [-0.4, -0.2) is 10.7 Å². The summed E-state index contributed by atoms with van der Waals surface area (Å²) in [4.78, 5) is 20.7. The Morgan fingerprint density at radius 3 is 2.44 bits per heavy atom. The van der Waals surface area contributed by atoms with Gasteiger partial charge < -0.3 is 5.73 Å². The fourth-order valence-corrected chi connectivity index (χ4v) is 1.33. The molecule has 0 bridgehead atoms. The summed E-state index contributed by atoms with van der Waals surface area (Å²) in [5, 5.41) is 10.6. The van der Waals surface area contributed by atoms with E-state index in [1.165, 1.54) is 0 Å². The molecule has 7 heteroatoms. The van der Waals surface area contributed by atoms with Gasteiger partial charge in [-0.25, -0.2) is 8.78 Å². The van der Waals surface area contributed by atoms with Crippen molar-refractivity contribution in [3.8, 4) is 0 Å². The van der Waals surface area contributed by atoms with Gasteiger partial charge in [-0.1, -0.05) is 0 Å². The van der Waals surface area contributed by atoms with Crippen molar-refractivity contribution in [2.45, 2.75) is 13.3 Å². The summed E-state index contributed by atoms with van der Waals surface area (Å²) in [5.41, 5.74) is 3.08. The van der Waals surface area contributed by atoms with Crippen molar-refractivity contribution >= 4 is 17.2 Å². The van der Waals surface area contributed by atoms with E-state index in [4.69, 9.17) is 5.73 Å². The highest BCUT2D eigenvalue weighted by atomic mass is 19.3. The number of Topliss-reactive ketones (excluding diaryl/α,β-unsaturated/α-hetero) is 1. The smallest absolute Gasteiger partial charge is 0.281 e. The molecule has 0 unspecified atom stereocenters. The van der Waals surface area contributed by atoms with E-state index >= 15 is 0 Å². The second-order valence-electron chi connectivity index (χ2n) is 3.12. The Kier molecular flexibility index (Phi) is 3.17. The number of nitrogens with zero attached hydrogens (tertiary/aromatic N) is 1. The first-order valence-electron chi connectivity index (χ1n) is 4.21. The van der Waals surface area contributed by atoms with Gasteiger partial charge in [0.1, 0.15) is 5.56 Å². The Balaban J connectivity index is 3.60. The number of nitrogen functional groups attached to an aromatic ring is 1. The molecular formula is C9H8F2N2O3. The number of nitro benzene ring substituents is 1. The van der Waals surface area contributed by atoms with Crippen molar-refractivity contribution in [2.75, 3.05) is 5.73 Å². The molecule has 0 spiro atoms. The second-order valence-corrected chi connectivity index (χ2v) is 3.12. The van der Waals surface area contributed by atoms with Gasteiger partial charge in [0.05, 0.1) is 4.92 Å². The third-order valence-electron chi connectivity index (χ3n) is 1.97. The maximum Gasteiger partial charge on any atom is 0.281 e. The Hall–Kier alpha value is -2.05. The van der Waals surface area contributed by atoms with Crippen molar-refractivity contribution in [3.63, 3.8) is 0 Å². The van der Waals surface area contributed by atoms with Gasteiger partial charge in [-0.3, -0.25) is 14.9 Å². The zero-order chi connectivity index (χ0) is 12.5. The van der Waals surface area contributed by atoms with Crippen molar-refractivity contribution in [3.05, 3.63) is 33.4 Å². The number of nitrogens with two attached hydrogens (primary N) is 1. The van der Waals surface area contributed by atoms with E-state index in [9.17, 15) is 23.7 Å². The minimum Gasteiger partial charge on any atom is -0.399 e. The lowest BCUT2D eigenvalue weighted by molar-refractivity contribution is -0.386. The number of ketones is 1. The van der Waals surface area contributed by atoms with Gasteiger partial charge in [-0.05, 0) is 13.0 Å². The zero-order valence-corrected chi connectivity index (χ0v) is 8.24. The maximum atomic E-state index is 12.6. The third kappa shape index (κ3) is 2.13. The summed E-state index contributed by atoms with van der Waals surface area (Å²) >= 11 is 0. The van der Waals surface area contributed by atoms with Crippen LogP contribution in [0.1, 0.15) is 29.3 Å². The average Bonchev–Trinajstić information content (AvgIpc) is 2.15. The first-order chi connectivity index (χ1) is 7.34. The molecular weight excluding hydrogens is 222 g/mol. The number of halogens is 2. The number of carbonyl (C=O) groups is 1. The number of carbonyl (C=O) groups excluding carboxylic acids is 1. The van der Waals surface area contributed by atoms with Crippen LogP contribution in [0.2, 0.25) is 0 Å². The third-order valence-corrected chi connectivity index (χ3v) is 1.97. The normalized spacial score (nSPS) is 10.5. The lowest BCUT2D eigenvalue weighted by Gasteiger charge is -2.07. The zero-order valence-electron chi connectivity index (χ0n) is 8.24. The molecule has 1 aromatic carbocycles. The summed E-state index contributed by atoms with van der Waals surface area (Å²) in [5.74, 6) is -0.689. The Bertz CT molecular complexity index is 425. The number of hydrogen-bond donors (Lipinski definition) is 1. The van der Waals surface area contributed by atoms with E-state index in [2.05, 4.69) is 0 Å². The van der Waals surface area contributed by atoms with Crippen LogP contribution < -0.4 is 5.73 Å². The highest BCUT2D eigenvalue weighted by molar-refractivity contribution is 5.97. The number of nitro groups is 1. The molecule has 0 amide bonds. The van der Waals surface area contributed by atoms with Gasteiger partial charge in [0, 0.05) is 17.3 Å². The van der Waals surface area contributed by atoms with Crippen molar-refractivity contribution in [1.29, 1.82) is 0 Å². The molecule has 0 heterocycles. The van der Waals surface area contributed by atoms with Crippen LogP contribution in [-0.2, 0) is 0 Å². The molecule has 0 atom stereocenters. The monoisotopic (exact) mass is 230 g/mol.